The van der Waals surface area contributed by atoms with Crippen LogP contribution in [-0.2, 0) is 6.42 Å². The van der Waals surface area contributed by atoms with Crippen LogP contribution >= 0.6 is 27.5 Å². The standard InChI is InChI=1S/C16H15BrClF2N/c1-2-21-15(12-4-3-5-14(20)16(12)18)9-10-8-11(19)6-7-13(10)17/h3-8,15,21H,2,9H2,1H3. The molecule has 1 unspecified atom stereocenters. The molecule has 0 aliphatic rings. The topological polar surface area (TPSA) is 12.0 Å². The molecule has 0 bridgehead atoms. The lowest BCUT2D eigenvalue weighted by Crippen LogP contribution is -2.23. The predicted molar refractivity (Wildman–Crippen MR) is 85.6 cm³/mol. The molecule has 2 aromatic carbocycles. The molecule has 1 atom stereocenters. The number of hydrogen-bond donors (Lipinski definition) is 1. The van der Waals surface area contributed by atoms with Gasteiger partial charge in [-0.25, -0.2) is 8.78 Å². The molecule has 0 aliphatic heterocycles. The van der Waals surface area contributed by atoms with E-state index in [1.807, 2.05) is 6.92 Å². The zero-order valence-corrected chi connectivity index (χ0v) is 13.8. The second-order valence-corrected chi connectivity index (χ2v) is 5.93. The number of benzene rings is 2. The van der Waals surface area contributed by atoms with Gasteiger partial charge in [-0.2, -0.15) is 0 Å². The Morgan fingerprint density at radius 3 is 2.71 bits per heavy atom. The van der Waals surface area contributed by atoms with Gasteiger partial charge in [0, 0.05) is 10.5 Å². The molecule has 1 N–H and O–H groups in total. The molecular weight excluding hydrogens is 360 g/mol. The van der Waals surface area contributed by atoms with Crippen molar-refractivity contribution >= 4 is 27.5 Å². The fraction of sp³-hybridized carbons (Fsp3) is 0.250. The number of rotatable bonds is 5. The van der Waals surface area contributed by atoms with Crippen LogP contribution in [0.2, 0.25) is 5.02 Å². The van der Waals surface area contributed by atoms with Gasteiger partial charge in [0.2, 0.25) is 0 Å². The van der Waals surface area contributed by atoms with Crippen molar-refractivity contribution in [2.24, 2.45) is 0 Å². The molecule has 112 valence electrons. The normalized spacial score (nSPS) is 12.4. The van der Waals surface area contributed by atoms with Crippen LogP contribution in [0.25, 0.3) is 0 Å². The van der Waals surface area contributed by atoms with E-state index in [2.05, 4.69) is 21.2 Å². The van der Waals surface area contributed by atoms with Crippen LogP contribution in [0.15, 0.2) is 40.9 Å². The van der Waals surface area contributed by atoms with Crippen molar-refractivity contribution in [1.82, 2.24) is 5.32 Å². The molecular formula is C16H15BrClF2N. The van der Waals surface area contributed by atoms with Gasteiger partial charge in [0.1, 0.15) is 11.6 Å². The second-order valence-electron chi connectivity index (χ2n) is 4.69. The van der Waals surface area contributed by atoms with Gasteiger partial charge in [0.05, 0.1) is 5.02 Å². The van der Waals surface area contributed by atoms with E-state index in [1.165, 1.54) is 18.2 Å². The van der Waals surface area contributed by atoms with Crippen molar-refractivity contribution in [3.8, 4) is 0 Å². The Kier molecular flexibility index (Phi) is 5.73. The molecule has 0 saturated heterocycles. The van der Waals surface area contributed by atoms with Crippen molar-refractivity contribution in [3.05, 3.63) is 68.7 Å². The maximum atomic E-state index is 13.6. The van der Waals surface area contributed by atoms with Gasteiger partial charge in [-0.15, -0.1) is 0 Å². The number of halogens is 4. The quantitative estimate of drug-likeness (QED) is 0.751. The molecule has 0 spiro atoms. The summed E-state index contributed by atoms with van der Waals surface area (Å²) >= 11 is 9.47. The van der Waals surface area contributed by atoms with Crippen molar-refractivity contribution in [1.29, 1.82) is 0 Å². The summed E-state index contributed by atoms with van der Waals surface area (Å²) in [5, 5.41) is 3.38. The molecule has 0 heterocycles. The average molecular weight is 375 g/mol. The van der Waals surface area contributed by atoms with E-state index in [0.29, 0.717) is 18.5 Å². The first kappa shape index (κ1) is 16.4. The lowest BCUT2D eigenvalue weighted by Gasteiger charge is -2.20. The van der Waals surface area contributed by atoms with Gasteiger partial charge in [-0.05, 0) is 48.4 Å². The van der Waals surface area contributed by atoms with Crippen LogP contribution < -0.4 is 5.32 Å². The summed E-state index contributed by atoms with van der Waals surface area (Å²) in [5.74, 6) is -0.746. The highest BCUT2D eigenvalue weighted by atomic mass is 79.9. The smallest absolute Gasteiger partial charge is 0.142 e. The first-order valence-electron chi connectivity index (χ1n) is 6.64. The Labute approximate surface area is 136 Å². The summed E-state index contributed by atoms with van der Waals surface area (Å²) < 4.78 is 27.9. The minimum absolute atomic E-state index is 0.107. The Bertz CT molecular complexity index is 634. The van der Waals surface area contributed by atoms with Crippen LogP contribution in [0.3, 0.4) is 0 Å². The largest absolute Gasteiger partial charge is 0.310 e. The molecule has 21 heavy (non-hydrogen) atoms. The third-order valence-corrected chi connectivity index (χ3v) is 4.41. The van der Waals surface area contributed by atoms with E-state index in [-0.39, 0.29) is 16.9 Å². The molecule has 2 rings (SSSR count). The molecule has 0 fully saturated rings. The van der Waals surface area contributed by atoms with Crippen molar-refractivity contribution in [3.63, 3.8) is 0 Å². The number of hydrogen-bond acceptors (Lipinski definition) is 1. The third-order valence-electron chi connectivity index (χ3n) is 3.24. The number of nitrogens with one attached hydrogen (secondary N) is 1. The van der Waals surface area contributed by atoms with Gasteiger partial charge >= 0.3 is 0 Å². The van der Waals surface area contributed by atoms with Crippen LogP contribution in [0, 0.1) is 11.6 Å². The first-order valence-corrected chi connectivity index (χ1v) is 7.81. The van der Waals surface area contributed by atoms with E-state index >= 15 is 0 Å². The maximum absolute atomic E-state index is 13.6. The Balaban J connectivity index is 2.35. The molecule has 0 aromatic heterocycles. The fourth-order valence-electron chi connectivity index (χ4n) is 2.25. The highest BCUT2D eigenvalue weighted by molar-refractivity contribution is 9.10. The van der Waals surface area contributed by atoms with Gasteiger partial charge in [0.15, 0.2) is 0 Å². The molecule has 0 aliphatic carbocycles. The third kappa shape index (κ3) is 4.02. The van der Waals surface area contributed by atoms with Gasteiger partial charge in [-0.1, -0.05) is 46.6 Å². The van der Waals surface area contributed by atoms with Crippen LogP contribution in [0.5, 0.6) is 0 Å². The minimum atomic E-state index is -0.449. The Morgan fingerprint density at radius 1 is 1.24 bits per heavy atom. The zero-order valence-electron chi connectivity index (χ0n) is 11.5. The predicted octanol–water partition coefficient (Wildman–Crippen LogP) is 5.27. The summed E-state index contributed by atoms with van der Waals surface area (Å²) in [5.41, 5.74) is 1.48. The van der Waals surface area contributed by atoms with Crippen LogP contribution in [-0.4, -0.2) is 6.54 Å². The number of likely N-dealkylation sites (N-methyl/N-ethyl adjacent to an activating group) is 1. The van der Waals surface area contributed by atoms with E-state index < -0.39 is 5.82 Å². The molecule has 5 heteroatoms. The maximum Gasteiger partial charge on any atom is 0.142 e. The van der Waals surface area contributed by atoms with E-state index in [0.717, 1.165) is 10.0 Å². The average Bonchev–Trinajstić information content (AvgIpc) is 2.45. The van der Waals surface area contributed by atoms with Crippen molar-refractivity contribution in [2.45, 2.75) is 19.4 Å². The second kappa shape index (κ2) is 7.34. The Morgan fingerprint density at radius 2 is 2.00 bits per heavy atom. The van der Waals surface area contributed by atoms with Gasteiger partial charge in [-0.3, -0.25) is 0 Å². The van der Waals surface area contributed by atoms with Crippen molar-refractivity contribution < 1.29 is 8.78 Å². The zero-order chi connectivity index (χ0) is 15.4. The van der Waals surface area contributed by atoms with E-state index in [1.54, 1.807) is 18.2 Å². The van der Waals surface area contributed by atoms with Gasteiger partial charge in [0.25, 0.3) is 0 Å². The highest BCUT2D eigenvalue weighted by Crippen LogP contribution is 2.30. The Hall–Kier alpha value is -0.970. The molecule has 0 amide bonds. The van der Waals surface area contributed by atoms with E-state index in [4.69, 9.17) is 11.6 Å². The van der Waals surface area contributed by atoms with Gasteiger partial charge < -0.3 is 5.32 Å². The summed E-state index contributed by atoms with van der Waals surface area (Å²) in [6.07, 6.45) is 0.509. The van der Waals surface area contributed by atoms with Crippen LogP contribution in [0.1, 0.15) is 24.1 Å². The monoisotopic (exact) mass is 373 g/mol. The molecule has 1 nitrogen and oxygen atoms in total. The molecule has 0 saturated carbocycles. The fourth-order valence-corrected chi connectivity index (χ4v) is 2.91. The summed E-state index contributed by atoms with van der Waals surface area (Å²) in [6.45, 7) is 2.66. The summed E-state index contributed by atoms with van der Waals surface area (Å²) in [6, 6.07) is 9.09. The highest BCUT2D eigenvalue weighted by Gasteiger charge is 2.18. The molecule has 0 radical (unpaired) electrons. The lowest BCUT2D eigenvalue weighted by molar-refractivity contribution is 0.539. The summed E-state index contributed by atoms with van der Waals surface area (Å²) in [7, 11) is 0. The summed E-state index contributed by atoms with van der Waals surface area (Å²) in [4.78, 5) is 0. The molecule has 2 aromatic rings. The minimum Gasteiger partial charge on any atom is -0.310 e. The van der Waals surface area contributed by atoms with E-state index in [9.17, 15) is 8.78 Å². The van der Waals surface area contributed by atoms with Crippen molar-refractivity contribution in [2.75, 3.05) is 6.54 Å². The first-order chi connectivity index (χ1) is 10.0. The SMILES string of the molecule is CCNC(Cc1cc(F)ccc1Br)c1cccc(F)c1Cl. The lowest BCUT2D eigenvalue weighted by atomic mass is 9.98. The van der Waals surface area contributed by atoms with Crippen LogP contribution in [0.4, 0.5) is 8.78 Å².